The molecule has 1 N–H and O–H groups in total. The van der Waals surface area contributed by atoms with Crippen LogP contribution in [0.4, 0.5) is 0 Å². The van der Waals surface area contributed by atoms with E-state index in [9.17, 15) is 13.2 Å². The first-order chi connectivity index (χ1) is 8.55. The Bertz CT molecular complexity index is 530. The van der Waals surface area contributed by atoms with Crippen molar-refractivity contribution in [3.63, 3.8) is 0 Å². The van der Waals surface area contributed by atoms with E-state index < -0.39 is 16.0 Å². The smallest absolute Gasteiger partial charge is 0.374 e. The quantitative estimate of drug-likeness (QED) is 0.759. The van der Waals surface area contributed by atoms with Gasteiger partial charge in [0.1, 0.15) is 0 Å². The molecule has 7 nitrogen and oxygen atoms in total. The molecule has 1 saturated heterocycles. The van der Waals surface area contributed by atoms with Crippen LogP contribution in [0, 0.1) is 0 Å². The van der Waals surface area contributed by atoms with Crippen LogP contribution in [0.25, 0.3) is 0 Å². The number of hydrogen-bond acceptors (Lipinski definition) is 6. The van der Waals surface area contributed by atoms with Crippen LogP contribution in [-0.4, -0.2) is 52.0 Å². The van der Waals surface area contributed by atoms with Crippen LogP contribution in [0.1, 0.15) is 10.6 Å². The molecule has 1 aromatic rings. The lowest BCUT2D eigenvalue weighted by molar-refractivity contribution is 0.0558. The van der Waals surface area contributed by atoms with E-state index in [0.29, 0.717) is 26.2 Å². The van der Waals surface area contributed by atoms with Crippen molar-refractivity contribution in [3.8, 4) is 0 Å². The highest BCUT2D eigenvalue weighted by molar-refractivity contribution is 7.89. The van der Waals surface area contributed by atoms with E-state index in [1.54, 1.807) is 0 Å². The van der Waals surface area contributed by atoms with Crippen LogP contribution in [0.3, 0.4) is 0 Å². The number of methoxy groups -OCH3 is 1. The first-order valence-corrected chi connectivity index (χ1v) is 6.89. The number of hydrogen-bond donors (Lipinski definition) is 1. The molecule has 100 valence electrons. The summed E-state index contributed by atoms with van der Waals surface area (Å²) in [6.45, 7) is 1.97. The van der Waals surface area contributed by atoms with Gasteiger partial charge in [-0.25, -0.2) is 13.2 Å². The molecule has 1 aliphatic rings. The van der Waals surface area contributed by atoms with Crippen molar-refractivity contribution in [2.75, 3.05) is 33.3 Å². The Hall–Kier alpha value is -1.38. The van der Waals surface area contributed by atoms with E-state index in [4.69, 9.17) is 4.42 Å². The molecule has 0 atom stereocenters. The standard InChI is InChI=1S/C10H14N2O5S/c1-16-10(13)8-2-3-9(17-8)18(14,15)12-6-4-11-5-7-12/h2-3,11H,4-7H2,1H3. The number of furan rings is 1. The third-order valence-electron chi connectivity index (χ3n) is 2.64. The molecule has 1 aliphatic heterocycles. The average molecular weight is 274 g/mol. The number of nitrogens with one attached hydrogen (secondary N) is 1. The molecule has 2 heterocycles. The van der Waals surface area contributed by atoms with E-state index in [-0.39, 0.29) is 10.9 Å². The first-order valence-electron chi connectivity index (χ1n) is 5.45. The van der Waals surface area contributed by atoms with Gasteiger partial charge < -0.3 is 14.5 Å². The van der Waals surface area contributed by atoms with Crippen LogP contribution in [0.5, 0.6) is 0 Å². The summed E-state index contributed by atoms with van der Waals surface area (Å²) < 4.78 is 35.1. The summed E-state index contributed by atoms with van der Waals surface area (Å²) in [7, 11) is -2.46. The Morgan fingerprint density at radius 3 is 2.67 bits per heavy atom. The maximum atomic E-state index is 12.2. The Morgan fingerprint density at radius 2 is 2.06 bits per heavy atom. The fourth-order valence-corrected chi connectivity index (χ4v) is 3.03. The zero-order valence-electron chi connectivity index (χ0n) is 9.88. The molecule has 8 heteroatoms. The van der Waals surface area contributed by atoms with Gasteiger partial charge in [0, 0.05) is 26.2 Å². The SMILES string of the molecule is COC(=O)c1ccc(S(=O)(=O)N2CCNCC2)o1. The monoisotopic (exact) mass is 274 g/mol. The Labute approximate surface area is 105 Å². The number of rotatable bonds is 3. The van der Waals surface area contributed by atoms with Crippen LogP contribution >= 0.6 is 0 Å². The number of carbonyl (C=O) groups is 1. The van der Waals surface area contributed by atoms with Gasteiger partial charge in [-0.3, -0.25) is 0 Å². The van der Waals surface area contributed by atoms with Gasteiger partial charge in [0.25, 0.3) is 10.0 Å². The van der Waals surface area contributed by atoms with Crippen molar-refractivity contribution < 1.29 is 22.4 Å². The predicted octanol–water partition coefficient (Wildman–Crippen LogP) is -0.340. The molecule has 0 aliphatic carbocycles. The van der Waals surface area contributed by atoms with E-state index in [1.807, 2.05) is 0 Å². The minimum absolute atomic E-state index is 0.119. The molecule has 1 fully saturated rings. The van der Waals surface area contributed by atoms with Crippen molar-refractivity contribution in [2.24, 2.45) is 0 Å². The largest absolute Gasteiger partial charge is 0.463 e. The summed E-state index contributed by atoms with van der Waals surface area (Å²) in [5.74, 6) is -0.817. The van der Waals surface area contributed by atoms with Crippen molar-refractivity contribution in [2.45, 2.75) is 5.09 Å². The summed E-state index contributed by atoms with van der Waals surface area (Å²) in [5, 5.41) is 2.83. The zero-order chi connectivity index (χ0) is 13.2. The number of ether oxygens (including phenoxy) is 1. The second-order valence-corrected chi connectivity index (χ2v) is 5.63. The zero-order valence-corrected chi connectivity index (χ0v) is 10.7. The normalized spacial score (nSPS) is 17.6. The van der Waals surface area contributed by atoms with Crippen molar-refractivity contribution in [1.82, 2.24) is 9.62 Å². The van der Waals surface area contributed by atoms with Crippen LogP contribution in [0.2, 0.25) is 0 Å². The average Bonchev–Trinajstić information content (AvgIpc) is 2.89. The fraction of sp³-hybridized carbons (Fsp3) is 0.500. The molecule has 0 unspecified atom stereocenters. The molecule has 0 saturated carbocycles. The third kappa shape index (κ3) is 2.40. The number of carbonyl (C=O) groups excluding carboxylic acids is 1. The van der Waals surface area contributed by atoms with Gasteiger partial charge in [-0.2, -0.15) is 4.31 Å². The molecule has 0 radical (unpaired) electrons. The van der Waals surface area contributed by atoms with Gasteiger partial charge in [-0.05, 0) is 12.1 Å². The lowest BCUT2D eigenvalue weighted by atomic mass is 10.4. The predicted molar refractivity (Wildman–Crippen MR) is 61.7 cm³/mol. The molecule has 0 spiro atoms. The van der Waals surface area contributed by atoms with E-state index in [2.05, 4.69) is 10.1 Å². The van der Waals surface area contributed by atoms with E-state index in [0.717, 1.165) is 0 Å². The van der Waals surface area contributed by atoms with E-state index >= 15 is 0 Å². The summed E-state index contributed by atoms with van der Waals surface area (Å²) in [6.07, 6.45) is 0. The summed E-state index contributed by atoms with van der Waals surface area (Å²) >= 11 is 0. The van der Waals surface area contributed by atoms with Gasteiger partial charge in [0.15, 0.2) is 0 Å². The van der Waals surface area contributed by atoms with Crippen LogP contribution in [-0.2, 0) is 14.8 Å². The van der Waals surface area contributed by atoms with E-state index in [1.165, 1.54) is 23.5 Å². The topological polar surface area (TPSA) is 88.9 Å². The molecular weight excluding hydrogens is 260 g/mol. The molecule has 2 rings (SSSR count). The maximum Gasteiger partial charge on any atom is 0.374 e. The number of sulfonamides is 1. The fourth-order valence-electron chi connectivity index (χ4n) is 1.68. The highest BCUT2D eigenvalue weighted by Gasteiger charge is 2.29. The van der Waals surface area contributed by atoms with Crippen LogP contribution < -0.4 is 5.32 Å². The summed E-state index contributed by atoms with van der Waals surface area (Å²) in [6, 6.07) is 2.56. The second kappa shape index (κ2) is 5.09. The van der Waals surface area contributed by atoms with Gasteiger partial charge in [-0.15, -0.1) is 0 Å². The molecule has 18 heavy (non-hydrogen) atoms. The van der Waals surface area contributed by atoms with Crippen LogP contribution in [0.15, 0.2) is 21.6 Å². The van der Waals surface area contributed by atoms with Gasteiger partial charge >= 0.3 is 5.97 Å². The van der Waals surface area contributed by atoms with Crippen molar-refractivity contribution in [1.29, 1.82) is 0 Å². The van der Waals surface area contributed by atoms with Gasteiger partial charge in [-0.1, -0.05) is 0 Å². The number of nitrogens with zero attached hydrogens (tertiary/aromatic N) is 1. The first kappa shape index (κ1) is 13.1. The number of esters is 1. The lowest BCUT2D eigenvalue weighted by Crippen LogP contribution is -2.46. The highest BCUT2D eigenvalue weighted by atomic mass is 32.2. The summed E-state index contributed by atoms with van der Waals surface area (Å²) in [4.78, 5) is 11.2. The highest BCUT2D eigenvalue weighted by Crippen LogP contribution is 2.19. The molecule has 0 bridgehead atoms. The number of piperazine rings is 1. The Morgan fingerprint density at radius 1 is 1.39 bits per heavy atom. The van der Waals surface area contributed by atoms with Crippen molar-refractivity contribution >= 4 is 16.0 Å². The third-order valence-corrected chi connectivity index (χ3v) is 4.41. The Balaban J connectivity index is 2.24. The minimum Gasteiger partial charge on any atom is -0.463 e. The van der Waals surface area contributed by atoms with Crippen molar-refractivity contribution in [3.05, 3.63) is 17.9 Å². The molecular formula is C10H14N2O5S. The summed E-state index contributed by atoms with van der Waals surface area (Å²) in [5.41, 5.74) is 0. The van der Waals surface area contributed by atoms with Gasteiger partial charge in [0.05, 0.1) is 7.11 Å². The minimum atomic E-state index is -3.66. The Kier molecular flexibility index (Phi) is 3.69. The molecule has 0 aromatic carbocycles. The molecule has 1 aromatic heterocycles. The van der Waals surface area contributed by atoms with Gasteiger partial charge in [0.2, 0.25) is 10.9 Å². The molecule has 0 amide bonds. The second-order valence-electron chi connectivity index (χ2n) is 3.76. The maximum absolute atomic E-state index is 12.2. The lowest BCUT2D eigenvalue weighted by Gasteiger charge is -2.25.